The Labute approximate surface area is 664 Å². The fraction of sp³-hybridized carbons (Fsp3) is 0.121. The van der Waals surface area contributed by atoms with Gasteiger partial charge in [-0.2, -0.15) is 0 Å². The van der Waals surface area contributed by atoms with Gasteiger partial charge in [-0.25, -0.2) is 24.0 Å². The summed E-state index contributed by atoms with van der Waals surface area (Å²) in [6, 6.07) is 34.5. The maximum Gasteiger partial charge on any atom is 6.00 e. The van der Waals surface area contributed by atoms with Gasteiger partial charge in [-0.1, -0.05) is 103 Å². The van der Waals surface area contributed by atoms with Crippen LogP contribution in [-0.4, -0.2) is 216 Å². The van der Waals surface area contributed by atoms with Crippen molar-refractivity contribution in [2.24, 2.45) is 31.1 Å². The van der Waals surface area contributed by atoms with Crippen molar-refractivity contribution in [1.29, 1.82) is 31.6 Å². The summed E-state index contributed by atoms with van der Waals surface area (Å²) in [6.07, 6.45) is 8.35. The molecule has 0 amide bonds. The third kappa shape index (κ3) is 28.0. The standard InChI is InChI=1S/2C17H14ClN3O2.C11H13N3O.C6H5ClO.6CN.CH4.Fe.3K.H3N.H2O/c2*1-11-16(19-15-9-8-13(22)10-14(15)18)17(23)21(20(11)2)12-6-4-3-5-7-12;1-8-10(12)11(15)14(13(8)2)9-6-4-3-5-7-9;7-5-2-1-3-6(8)4-5;6*1-2;;;;;;;/h2*3-10H,1-2H3;3-7H,12H2,1-2H3;1-4,8H;;;;;;;1H4;;;;;1H3;1H2/q;;;;6*-1;;+6;;;;;. The van der Waals surface area contributed by atoms with Crippen LogP contribution in [0.5, 0.6) is 5.75 Å². The van der Waals surface area contributed by atoms with Crippen molar-refractivity contribution < 1.29 is 37.2 Å². The number of aromatic nitrogens is 6. The van der Waals surface area contributed by atoms with Crippen molar-refractivity contribution in [2.45, 2.75) is 28.2 Å². The van der Waals surface area contributed by atoms with Gasteiger partial charge in [0.15, 0.2) is 22.9 Å². The zero-order valence-electron chi connectivity index (χ0n) is 48.5. The third-order valence-corrected chi connectivity index (χ3v) is 11.6. The van der Waals surface area contributed by atoms with Crippen molar-refractivity contribution in [3.05, 3.63) is 254 Å². The number of aliphatic imine (C=N–C) groups is 2. The van der Waals surface area contributed by atoms with Crippen molar-refractivity contribution in [3.8, 4) is 22.8 Å². The zero-order valence-corrected chi connectivity index (χ0v) is 61.2. The monoisotopic (exact) mass is 1370 g/mol. The molecule has 0 atom stereocenters. The molecule has 0 unspecified atom stereocenters. The van der Waals surface area contributed by atoms with Gasteiger partial charge < -0.3 is 93.5 Å². The molecule has 0 spiro atoms. The number of carbonyl (C=O) groups is 2. The number of para-hydroxylation sites is 3. The number of phenols is 1. The summed E-state index contributed by atoms with van der Waals surface area (Å²) in [6.45, 7) is 34.0. The molecule has 7 aromatic rings. The molecule has 8 N–H and O–H groups in total. The van der Waals surface area contributed by atoms with Crippen LogP contribution in [0.1, 0.15) is 24.5 Å². The Bertz CT molecular complexity index is 3580. The van der Waals surface area contributed by atoms with Gasteiger partial charge in [-0.3, -0.25) is 38.0 Å². The molecule has 88 heavy (non-hydrogen) atoms. The molecule has 9 rings (SSSR count). The molecular formula is C58H55Cl3FeK3N16O7. The van der Waals surface area contributed by atoms with Crippen LogP contribution >= 0.6 is 34.8 Å². The SMILES string of the molecule is C.Cc1c(N)c(=O)n(-c2ccccc2)n1C.Cc1c(N=C2C=CC(=O)C=C2Cl)c(=O)n(-c2ccccc2)n1C.Cc1c(N=C2C=CC(=O)C=C2Cl)c(=O)n(-c2ccccc2)n1C.N.O.Oc1cccc(Cl)c1.[C-]#N.[C-]#N.[C-]#N.[C-]#N.[C-]#N.[C-]#N.[Fe+6].[K].[K].[K]. The summed E-state index contributed by atoms with van der Waals surface area (Å²) in [4.78, 5) is 68.6. The van der Waals surface area contributed by atoms with Gasteiger partial charge in [0.2, 0.25) is 0 Å². The molecule has 441 valence electrons. The number of carbonyl (C=O) groups excluding carboxylic acids is 2. The van der Waals surface area contributed by atoms with E-state index in [-0.39, 0.29) is 234 Å². The molecule has 3 heterocycles. The van der Waals surface area contributed by atoms with E-state index in [0.717, 1.165) is 22.8 Å². The maximum absolute atomic E-state index is 12.7. The van der Waals surface area contributed by atoms with E-state index in [0.29, 0.717) is 44.9 Å². The molecule has 3 radical (unpaired) electrons. The van der Waals surface area contributed by atoms with E-state index in [2.05, 4.69) is 9.98 Å². The predicted octanol–water partition coefficient (Wildman–Crippen LogP) is 8.16. The second-order valence-corrected chi connectivity index (χ2v) is 16.5. The molecule has 3 aromatic heterocycles. The maximum atomic E-state index is 12.7. The Morgan fingerprint density at radius 1 is 0.466 bits per heavy atom. The minimum absolute atomic E-state index is 0. The first-order chi connectivity index (χ1) is 38.9. The summed E-state index contributed by atoms with van der Waals surface area (Å²) in [5.41, 5.74) is 11.3. The van der Waals surface area contributed by atoms with Crippen LogP contribution in [0.25, 0.3) is 17.1 Å². The molecular weight excluding hydrogens is 1310 g/mol. The van der Waals surface area contributed by atoms with Crippen molar-refractivity contribution in [3.63, 3.8) is 0 Å². The molecule has 0 saturated heterocycles. The second kappa shape index (κ2) is 53.2. The minimum Gasteiger partial charge on any atom is -0.512 e. The Kier molecular flexibility index (Phi) is 59.5. The van der Waals surface area contributed by atoms with Gasteiger partial charge >= 0.3 is 17.1 Å². The zero-order chi connectivity index (χ0) is 62.1. The topological polar surface area (TPSA) is 395 Å². The van der Waals surface area contributed by atoms with Crippen LogP contribution in [0.15, 0.2) is 186 Å². The number of rotatable bonds is 5. The summed E-state index contributed by atoms with van der Waals surface area (Å²) in [7, 11) is 5.41. The number of aromatic hydroxyl groups is 1. The van der Waals surface area contributed by atoms with Crippen LogP contribution in [0.3, 0.4) is 0 Å². The molecule has 30 heteroatoms. The van der Waals surface area contributed by atoms with Gasteiger partial charge in [0.1, 0.15) is 11.4 Å². The summed E-state index contributed by atoms with van der Waals surface area (Å²) in [5, 5.41) is 47.2. The molecule has 2 aliphatic carbocycles. The van der Waals surface area contributed by atoms with Crippen molar-refractivity contribution in [1.82, 2.24) is 34.2 Å². The molecule has 0 fully saturated rings. The number of hydrogen-bond donors (Lipinski definition) is 3. The number of phenolic OH excluding ortho intramolecular Hbond substituents is 1. The molecule has 2 aliphatic rings. The van der Waals surface area contributed by atoms with Crippen LogP contribution in [0.4, 0.5) is 17.1 Å². The number of benzene rings is 4. The first kappa shape index (κ1) is 98.5. The van der Waals surface area contributed by atoms with Crippen molar-refractivity contribution >= 4 is 229 Å². The van der Waals surface area contributed by atoms with E-state index < -0.39 is 0 Å². The van der Waals surface area contributed by atoms with E-state index >= 15 is 0 Å². The third-order valence-electron chi connectivity index (χ3n) is 10.8. The van der Waals surface area contributed by atoms with Crippen LogP contribution in [-0.2, 0) is 47.8 Å². The number of nitrogens with zero attached hydrogens (tertiary/aromatic N) is 14. The smallest absolute Gasteiger partial charge is 0.512 e. The number of ketones is 2. The van der Waals surface area contributed by atoms with E-state index in [1.807, 2.05) is 119 Å². The Morgan fingerprint density at radius 3 is 0.989 bits per heavy atom. The molecule has 0 aliphatic heterocycles. The summed E-state index contributed by atoms with van der Waals surface area (Å²) in [5.74, 6) is -0.182. The normalized spacial score (nSPS) is 11.1. The van der Waals surface area contributed by atoms with Gasteiger partial charge in [0.05, 0.1) is 55.6 Å². The number of nitrogen functional groups attached to an aromatic ring is 1. The number of nitrogens with two attached hydrogens (primary N) is 1. The van der Waals surface area contributed by atoms with E-state index in [1.165, 1.54) is 42.5 Å². The average Bonchev–Trinajstić information content (AvgIpc) is 4.01. The fourth-order valence-corrected chi connectivity index (χ4v) is 7.44. The number of anilines is 1. The summed E-state index contributed by atoms with van der Waals surface area (Å²) >= 11 is 17.6. The second-order valence-electron chi connectivity index (χ2n) is 15.2. The van der Waals surface area contributed by atoms with Crippen LogP contribution < -0.4 is 28.6 Å². The van der Waals surface area contributed by atoms with Crippen LogP contribution in [0, 0.1) is 91.8 Å². The Hall–Kier alpha value is -5.69. The average molecular weight is 1370 g/mol. The van der Waals surface area contributed by atoms with Gasteiger partial charge in [0.25, 0.3) is 16.7 Å². The first-order valence-electron chi connectivity index (χ1n) is 22.3. The van der Waals surface area contributed by atoms with E-state index in [9.17, 15) is 24.0 Å². The van der Waals surface area contributed by atoms with E-state index in [1.54, 1.807) is 60.4 Å². The van der Waals surface area contributed by atoms with Gasteiger partial charge in [-0.15, -0.1) is 0 Å². The fourth-order valence-electron chi connectivity index (χ4n) is 6.83. The number of allylic oxidation sites excluding steroid dienone is 8. The van der Waals surface area contributed by atoms with Gasteiger partial charge in [-0.05, 0) is 99.7 Å². The quantitative estimate of drug-likeness (QED) is 0.0831. The Balaban J connectivity index is -0.000000154. The van der Waals surface area contributed by atoms with Crippen molar-refractivity contribution in [2.75, 3.05) is 5.73 Å². The van der Waals surface area contributed by atoms with Crippen LogP contribution in [0.2, 0.25) is 5.02 Å². The first-order valence-corrected chi connectivity index (χ1v) is 23.5. The molecule has 0 bridgehead atoms. The largest absolute Gasteiger partial charge is 6.00 e. The molecule has 23 nitrogen and oxygen atoms in total. The van der Waals surface area contributed by atoms with Gasteiger partial charge in [0, 0.05) is 192 Å². The Morgan fingerprint density at radius 2 is 0.750 bits per heavy atom. The number of halogens is 3. The van der Waals surface area contributed by atoms with E-state index in [4.69, 9.17) is 117 Å². The minimum atomic E-state index is -0.238. The predicted molar refractivity (Wildman–Crippen MR) is 338 cm³/mol. The molecule has 4 aromatic carbocycles. The number of hydrogen-bond acceptors (Lipinski definition) is 16. The molecule has 0 saturated carbocycles. The summed E-state index contributed by atoms with van der Waals surface area (Å²) < 4.78 is 9.89.